The van der Waals surface area contributed by atoms with E-state index in [-0.39, 0.29) is 11.9 Å². The zero-order valence-corrected chi connectivity index (χ0v) is 17.8. The molecule has 3 aromatic rings. The van der Waals surface area contributed by atoms with Crippen LogP contribution in [0.2, 0.25) is 5.02 Å². The molecule has 5 nitrogen and oxygen atoms in total. The number of para-hydroxylation sites is 3. The highest BCUT2D eigenvalue weighted by molar-refractivity contribution is 6.32. The van der Waals surface area contributed by atoms with Gasteiger partial charge in [0, 0.05) is 13.0 Å². The van der Waals surface area contributed by atoms with Crippen LogP contribution in [0, 0.1) is 0 Å². The zero-order chi connectivity index (χ0) is 20.6. The van der Waals surface area contributed by atoms with Crippen molar-refractivity contribution >= 4 is 28.5 Å². The van der Waals surface area contributed by atoms with Crippen LogP contribution in [0.1, 0.15) is 51.4 Å². The molecule has 0 fully saturated rings. The van der Waals surface area contributed by atoms with Crippen molar-refractivity contribution in [3.63, 3.8) is 0 Å². The van der Waals surface area contributed by atoms with Crippen molar-refractivity contribution in [2.75, 3.05) is 6.61 Å². The van der Waals surface area contributed by atoms with Crippen molar-refractivity contribution < 1.29 is 9.53 Å². The number of ether oxygens (including phenoxy) is 1. The van der Waals surface area contributed by atoms with Gasteiger partial charge < -0.3 is 14.6 Å². The van der Waals surface area contributed by atoms with E-state index in [1.54, 1.807) is 0 Å². The Bertz CT molecular complexity index is 954. The number of hydrogen-bond acceptors (Lipinski definition) is 3. The van der Waals surface area contributed by atoms with Crippen LogP contribution >= 0.6 is 11.6 Å². The van der Waals surface area contributed by atoms with Gasteiger partial charge in [-0.2, -0.15) is 0 Å². The third-order valence-electron chi connectivity index (χ3n) is 4.80. The van der Waals surface area contributed by atoms with Crippen LogP contribution in [-0.4, -0.2) is 22.1 Å². The second-order valence-electron chi connectivity index (χ2n) is 7.14. The number of benzene rings is 2. The molecule has 0 radical (unpaired) electrons. The summed E-state index contributed by atoms with van der Waals surface area (Å²) in [4.78, 5) is 16.8. The predicted molar refractivity (Wildman–Crippen MR) is 117 cm³/mol. The van der Waals surface area contributed by atoms with Crippen LogP contribution in [0.4, 0.5) is 0 Å². The van der Waals surface area contributed by atoms with Gasteiger partial charge in [-0.05, 0) is 50.5 Å². The molecule has 1 aromatic heterocycles. The standard InChI is InChI=1S/C23H28ClN3O2/c1-3-10-22(28)25-17(2)23-26-19-12-5-6-13-20(19)27(23)15-8-9-16-29-21-14-7-4-11-18(21)24/h4-7,11-14,17H,3,8-10,15-16H2,1-2H3,(H,25,28). The summed E-state index contributed by atoms with van der Waals surface area (Å²) in [7, 11) is 0. The molecule has 0 aliphatic rings. The maximum atomic E-state index is 12.0. The second kappa shape index (κ2) is 10.3. The fourth-order valence-electron chi connectivity index (χ4n) is 3.38. The molecular formula is C23H28ClN3O2. The Morgan fingerprint density at radius 3 is 2.72 bits per heavy atom. The van der Waals surface area contributed by atoms with E-state index < -0.39 is 0 Å². The number of nitrogens with one attached hydrogen (secondary N) is 1. The molecule has 0 bridgehead atoms. The fraction of sp³-hybridized carbons (Fsp3) is 0.391. The van der Waals surface area contributed by atoms with Gasteiger partial charge in [-0.15, -0.1) is 0 Å². The van der Waals surface area contributed by atoms with Gasteiger partial charge in [0.05, 0.1) is 28.7 Å². The van der Waals surface area contributed by atoms with Crippen molar-refractivity contribution in [2.24, 2.45) is 0 Å². The molecule has 0 saturated carbocycles. The number of aryl methyl sites for hydroxylation is 1. The molecule has 154 valence electrons. The summed E-state index contributed by atoms with van der Waals surface area (Å²) in [6.45, 7) is 5.42. The van der Waals surface area contributed by atoms with E-state index in [1.807, 2.05) is 56.3 Å². The van der Waals surface area contributed by atoms with Crippen molar-refractivity contribution in [3.8, 4) is 5.75 Å². The van der Waals surface area contributed by atoms with Gasteiger partial charge in [0.1, 0.15) is 11.6 Å². The Morgan fingerprint density at radius 2 is 1.93 bits per heavy atom. The quantitative estimate of drug-likeness (QED) is 0.445. The number of halogens is 1. The Labute approximate surface area is 177 Å². The molecule has 0 aliphatic heterocycles. The average molecular weight is 414 g/mol. The van der Waals surface area contributed by atoms with Crippen LogP contribution in [0.25, 0.3) is 11.0 Å². The summed E-state index contributed by atoms with van der Waals surface area (Å²) in [5.74, 6) is 1.67. The van der Waals surface area contributed by atoms with Gasteiger partial charge in [-0.3, -0.25) is 4.79 Å². The second-order valence-corrected chi connectivity index (χ2v) is 7.54. The summed E-state index contributed by atoms with van der Waals surface area (Å²) < 4.78 is 8.00. The number of rotatable bonds is 10. The number of carbonyl (C=O) groups is 1. The van der Waals surface area contributed by atoms with Crippen LogP contribution in [0.5, 0.6) is 5.75 Å². The third-order valence-corrected chi connectivity index (χ3v) is 5.11. The molecule has 3 rings (SSSR count). The normalized spacial score (nSPS) is 12.1. The van der Waals surface area contributed by atoms with Gasteiger partial charge in [-0.1, -0.05) is 42.8 Å². The monoisotopic (exact) mass is 413 g/mol. The molecule has 2 aromatic carbocycles. The zero-order valence-electron chi connectivity index (χ0n) is 17.0. The van der Waals surface area contributed by atoms with E-state index in [4.69, 9.17) is 21.3 Å². The molecule has 1 N–H and O–H groups in total. The van der Waals surface area contributed by atoms with Crippen molar-refractivity contribution in [1.29, 1.82) is 0 Å². The SMILES string of the molecule is CCCC(=O)NC(C)c1nc2ccccc2n1CCCCOc1ccccc1Cl. The molecule has 29 heavy (non-hydrogen) atoms. The van der Waals surface area contributed by atoms with Crippen LogP contribution < -0.4 is 10.1 Å². The lowest BCUT2D eigenvalue weighted by atomic mass is 10.2. The summed E-state index contributed by atoms with van der Waals surface area (Å²) in [6.07, 6.45) is 3.20. The fourth-order valence-corrected chi connectivity index (χ4v) is 3.57. The summed E-state index contributed by atoms with van der Waals surface area (Å²) >= 11 is 6.13. The summed E-state index contributed by atoms with van der Waals surface area (Å²) in [6, 6.07) is 15.5. The number of hydrogen-bond donors (Lipinski definition) is 1. The van der Waals surface area contributed by atoms with Crippen molar-refractivity contribution in [1.82, 2.24) is 14.9 Å². The third kappa shape index (κ3) is 5.51. The smallest absolute Gasteiger partial charge is 0.220 e. The molecule has 1 atom stereocenters. The minimum Gasteiger partial charge on any atom is -0.492 e. The number of aromatic nitrogens is 2. The molecule has 6 heteroatoms. The van der Waals surface area contributed by atoms with Crippen molar-refractivity contribution in [2.45, 2.75) is 52.1 Å². The van der Waals surface area contributed by atoms with Gasteiger partial charge in [-0.25, -0.2) is 4.98 Å². The molecule has 0 spiro atoms. The lowest BCUT2D eigenvalue weighted by molar-refractivity contribution is -0.121. The molecule has 1 heterocycles. The van der Waals surface area contributed by atoms with E-state index in [2.05, 4.69) is 16.0 Å². The number of unbranched alkanes of at least 4 members (excludes halogenated alkanes) is 1. The molecule has 0 saturated heterocycles. The Kier molecular flexibility index (Phi) is 7.53. The largest absolute Gasteiger partial charge is 0.492 e. The van der Waals surface area contributed by atoms with E-state index in [9.17, 15) is 4.79 Å². The van der Waals surface area contributed by atoms with Crippen LogP contribution in [-0.2, 0) is 11.3 Å². The number of carbonyl (C=O) groups excluding carboxylic acids is 1. The van der Waals surface area contributed by atoms with E-state index in [0.717, 1.165) is 48.4 Å². The van der Waals surface area contributed by atoms with E-state index in [1.165, 1.54) is 0 Å². The van der Waals surface area contributed by atoms with Gasteiger partial charge in [0.2, 0.25) is 5.91 Å². The predicted octanol–water partition coefficient (Wildman–Crippen LogP) is 5.53. The first kappa shape index (κ1) is 21.2. The topological polar surface area (TPSA) is 56.2 Å². The summed E-state index contributed by atoms with van der Waals surface area (Å²) in [5, 5.41) is 3.70. The van der Waals surface area contributed by atoms with Gasteiger partial charge in [0.15, 0.2) is 0 Å². The van der Waals surface area contributed by atoms with Crippen LogP contribution in [0.15, 0.2) is 48.5 Å². The summed E-state index contributed by atoms with van der Waals surface area (Å²) in [5.41, 5.74) is 2.04. The van der Waals surface area contributed by atoms with Gasteiger partial charge in [0.25, 0.3) is 0 Å². The lowest BCUT2D eigenvalue weighted by Gasteiger charge is -2.16. The van der Waals surface area contributed by atoms with E-state index >= 15 is 0 Å². The molecule has 0 aliphatic carbocycles. The Hall–Kier alpha value is -2.53. The van der Waals surface area contributed by atoms with Crippen LogP contribution in [0.3, 0.4) is 0 Å². The maximum absolute atomic E-state index is 12.0. The lowest BCUT2D eigenvalue weighted by Crippen LogP contribution is -2.28. The first-order valence-electron chi connectivity index (χ1n) is 10.2. The highest BCUT2D eigenvalue weighted by Gasteiger charge is 2.17. The number of fused-ring (bicyclic) bond motifs is 1. The number of imidazole rings is 1. The molecule has 1 unspecified atom stereocenters. The molecule has 1 amide bonds. The van der Waals surface area contributed by atoms with Crippen molar-refractivity contribution in [3.05, 3.63) is 59.4 Å². The van der Waals surface area contributed by atoms with E-state index in [0.29, 0.717) is 18.1 Å². The van der Waals surface area contributed by atoms with Gasteiger partial charge >= 0.3 is 0 Å². The minimum absolute atomic E-state index is 0.0618. The minimum atomic E-state index is -0.138. The number of nitrogens with zero attached hydrogens (tertiary/aromatic N) is 2. The number of amides is 1. The molecular weight excluding hydrogens is 386 g/mol. The Balaban J connectivity index is 1.64. The first-order chi connectivity index (χ1) is 14.1. The highest BCUT2D eigenvalue weighted by Crippen LogP contribution is 2.24. The first-order valence-corrected chi connectivity index (χ1v) is 10.6. The maximum Gasteiger partial charge on any atom is 0.220 e. The Morgan fingerprint density at radius 1 is 1.17 bits per heavy atom. The highest BCUT2D eigenvalue weighted by atomic mass is 35.5. The average Bonchev–Trinajstić information content (AvgIpc) is 3.08.